The Morgan fingerprint density at radius 2 is 1.80 bits per heavy atom. The fourth-order valence-electron chi connectivity index (χ4n) is 1.57. The minimum Gasteiger partial charge on any atom is -0.352 e. The molecule has 1 aliphatic heterocycles. The molecule has 1 aliphatic rings. The minimum atomic E-state index is -3.28. The van der Waals surface area contributed by atoms with Gasteiger partial charge >= 0.3 is 0 Å². The van der Waals surface area contributed by atoms with Crippen molar-refractivity contribution in [2.24, 2.45) is 5.92 Å². The van der Waals surface area contributed by atoms with Crippen LogP contribution in [0.1, 0.15) is 13.8 Å². The summed E-state index contributed by atoms with van der Waals surface area (Å²) in [6, 6.07) is 8.45. The third-order valence-electron chi connectivity index (χ3n) is 2.52. The largest absolute Gasteiger partial charge is 0.352 e. The summed E-state index contributed by atoms with van der Waals surface area (Å²) in [6.45, 7) is 3.93. The van der Waals surface area contributed by atoms with Gasteiger partial charge in [0, 0.05) is 0 Å². The van der Waals surface area contributed by atoms with Gasteiger partial charge in [0.1, 0.15) is 6.10 Å². The molecule has 2 rings (SSSR count). The van der Waals surface area contributed by atoms with Crippen molar-refractivity contribution in [3.63, 3.8) is 0 Å². The molecule has 3 nitrogen and oxygen atoms in total. The number of hydrogen-bond acceptors (Lipinski definition) is 3. The van der Waals surface area contributed by atoms with Gasteiger partial charge in [-0.25, -0.2) is 8.42 Å². The molecule has 1 fully saturated rings. The van der Waals surface area contributed by atoms with E-state index in [1.165, 1.54) is 0 Å². The summed E-state index contributed by atoms with van der Waals surface area (Å²) < 4.78 is 29.2. The molecule has 0 bridgehead atoms. The normalized spacial score (nSPS) is 25.5. The number of epoxide rings is 1. The van der Waals surface area contributed by atoms with Gasteiger partial charge < -0.3 is 4.74 Å². The van der Waals surface area contributed by atoms with E-state index < -0.39 is 15.3 Å². The highest BCUT2D eigenvalue weighted by molar-refractivity contribution is 7.92. The van der Waals surface area contributed by atoms with Gasteiger partial charge in [0.25, 0.3) is 0 Å². The van der Waals surface area contributed by atoms with Gasteiger partial charge in [0.2, 0.25) is 9.84 Å². The van der Waals surface area contributed by atoms with Crippen LogP contribution in [0.25, 0.3) is 0 Å². The molecule has 0 aromatic heterocycles. The summed E-state index contributed by atoms with van der Waals surface area (Å²) in [6.07, 6.45) is -0.143. The van der Waals surface area contributed by atoms with Crippen LogP contribution in [0.2, 0.25) is 0 Å². The SMILES string of the molecule is CC(C)[C@H]1O[C@@H]1S(=O)(=O)c1ccccc1. The van der Waals surface area contributed by atoms with Crippen molar-refractivity contribution in [3.8, 4) is 0 Å². The van der Waals surface area contributed by atoms with E-state index in [1.807, 2.05) is 13.8 Å². The molecule has 1 aromatic rings. The number of rotatable bonds is 3. The highest BCUT2D eigenvalue weighted by Crippen LogP contribution is 2.36. The average molecular weight is 226 g/mol. The van der Waals surface area contributed by atoms with Crippen LogP contribution in [0.4, 0.5) is 0 Å². The maximum atomic E-state index is 12.0. The topological polar surface area (TPSA) is 46.7 Å². The van der Waals surface area contributed by atoms with E-state index in [1.54, 1.807) is 30.3 Å². The van der Waals surface area contributed by atoms with Gasteiger partial charge in [-0.3, -0.25) is 0 Å². The Morgan fingerprint density at radius 1 is 1.20 bits per heavy atom. The molecule has 0 saturated carbocycles. The van der Waals surface area contributed by atoms with E-state index in [2.05, 4.69) is 0 Å². The lowest BCUT2D eigenvalue weighted by atomic mass is 10.2. The molecule has 1 saturated heterocycles. The van der Waals surface area contributed by atoms with Crippen molar-refractivity contribution in [1.82, 2.24) is 0 Å². The van der Waals surface area contributed by atoms with Crippen LogP contribution in [0.15, 0.2) is 35.2 Å². The fraction of sp³-hybridized carbons (Fsp3) is 0.455. The standard InChI is InChI=1S/C11H14O3S/c1-8(2)10-11(14-10)15(12,13)9-6-4-3-5-7-9/h3-8,10-11H,1-2H3/t10-,11-/m1/s1. The van der Waals surface area contributed by atoms with Gasteiger partial charge in [0.05, 0.1) is 4.90 Å². The van der Waals surface area contributed by atoms with E-state index in [9.17, 15) is 8.42 Å². The van der Waals surface area contributed by atoms with E-state index in [-0.39, 0.29) is 12.0 Å². The molecular weight excluding hydrogens is 212 g/mol. The second kappa shape index (κ2) is 3.61. The quantitative estimate of drug-likeness (QED) is 0.739. The summed E-state index contributed by atoms with van der Waals surface area (Å²) in [5.74, 6) is 0.244. The third-order valence-corrected chi connectivity index (χ3v) is 4.44. The molecule has 82 valence electrons. The van der Waals surface area contributed by atoms with Crippen molar-refractivity contribution in [1.29, 1.82) is 0 Å². The smallest absolute Gasteiger partial charge is 0.207 e. The highest BCUT2D eigenvalue weighted by atomic mass is 32.2. The van der Waals surface area contributed by atoms with E-state index in [0.717, 1.165) is 0 Å². The van der Waals surface area contributed by atoms with Crippen molar-refractivity contribution in [2.75, 3.05) is 0 Å². The van der Waals surface area contributed by atoms with Crippen LogP contribution in [-0.4, -0.2) is 20.0 Å². The Balaban J connectivity index is 2.24. The first kappa shape index (κ1) is 10.6. The van der Waals surface area contributed by atoms with Crippen molar-refractivity contribution in [3.05, 3.63) is 30.3 Å². The van der Waals surface area contributed by atoms with E-state index in [0.29, 0.717) is 4.90 Å². The monoisotopic (exact) mass is 226 g/mol. The predicted octanol–water partition coefficient (Wildman–Crippen LogP) is 1.84. The average Bonchev–Trinajstić information content (AvgIpc) is 2.99. The molecule has 4 heteroatoms. The first-order valence-corrected chi connectivity index (χ1v) is 6.52. The Morgan fingerprint density at radius 3 is 2.27 bits per heavy atom. The van der Waals surface area contributed by atoms with Crippen molar-refractivity contribution >= 4 is 9.84 Å². The Labute approximate surface area is 90.0 Å². The van der Waals surface area contributed by atoms with Gasteiger partial charge in [0.15, 0.2) is 5.44 Å². The van der Waals surface area contributed by atoms with Crippen LogP contribution >= 0.6 is 0 Å². The second-order valence-corrected chi connectivity index (χ2v) is 6.10. The summed E-state index contributed by atoms with van der Waals surface area (Å²) >= 11 is 0. The molecular formula is C11H14O3S. The zero-order valence-electron chi connectivity index (χ0n) is 8.75. The number of benzene rings is 1. The molecule has 0 aliphatic carbocycles. The maximum absolute atomic E-state index is 12.0. The molecule has 0 unspecified atom stereocenters. The molecule has 0 spiro atoms. The Kier molecular flexibility index (Phi) is 2.56. The Bertz CT molecular complexity index is 436. The van der Waals surface area contributed by atoms with Gasteiger partial charge in [-0.15, -0.1) is 0 Å². The highest BCUT2D eigenvalue weighted by Gasteiger charge is 2.51. The van der Waals surface area contributed by atoms with Crippen LogP contribution in [-0.2, 0) is 14.6 Å². The zero-order chi connectivity index (χ0) is 11.1. The number of sulfone groups is 1. The predicted molar refractivity (Wildman–Crippen MR) is 57.1 cm³/mol. The summed E-state index contributed by atoms with van der Waals surface area (Å²) in [5, 5.41) is 0. The summed E-state index contributed by atoms with van der Waals surface area (Å²) in [5.41, 5.74) is -0.639. The lowest BCUT2D eigenvalue weighted by molar-refractivity contribution is 0.348. The van der Waals surface area contributed by atoms with Crippen molar-refractivity contribution in [2.45, 2.75) is 30.3 Å². The van der Waals surface area contributed by atoms with Crippen LogP contribution in [0.5, 0.6) is 0 Å². The second-order valence-electron chi connectivity index (χ2n) is 4.07. The summed E-state index contributed by atoms with van der Waals surface area (Å²) in [7, 11) is -3.28. The van der Waals surface area contributed by atoms with Crippen molar-refractivity contribution < 1.29 is 13.2 Å². The van der Waals surface area contributed by atoms with Crippen LogP contribution in [0.3, 0.4) is 0 Å². The van der Waals surface area contributed by atoms with Gasteiger partial charge in [-0.1, -0.05) is 32.0 Å². The van der Waals surface area contributed by atoms with Crippen LogP contribution < -0.4 is 0 Å². The van der Waals surface area contributed by atoms with Gasteiger partial charge in [-0.05, 0) is 18.1 Å². The molecule has 2 atom stereocenters. The molecule has 1 heterocycles. The van der Waals surface area contributed by atoms with E-state index in [4.69, 9.17) is 4.74 Å². The first-order chi connectivity index (χ1) is 7.03. The molecule has 0 N–H and O–H groups in total. The molecule has 0 radical (unpaired) electrons. The zero-order valence-corrected chi connectivity index (χ0v) is 9.57. The first-order valence-electron chi connectivity index (χ1n) is 4.98. The fourth-order valence-corrected chi connectivity index (χ4v) is 3.32. The van der Waals surface area contributed by atoms with E-state index >= 15 is 0 Å². The lowest BCUT2D eigenvalue weighted by Crippen LogP contribution is -2.13. The number of hydrogen-bond donors (Lipinski definition) is 0. The van der Waals surface area contributed by atoms with Crippen LogP contribution in [0, 0.1) is 5.92 Å². The minimum absolute atomic E-state index is 0.143. The van der Waals surface area contributed by atoms with Gasteiger partial charge in [-0.2, -0.15) is 0 Å². The third kappa shape index (κ3) is 1.92. The Hall–Kier alpha value is -0.870. The maximum Gasteiger partial charge on any atom is 0.207 e. The lowest BCUT2D eigenvalue weighted by Gasteiger charge is -2.01. The number of ether oxygens (including phenoxy) is 1. The molecule has 15 heavy (non-hydrogen) atoms. The molecule has 1 aromatic carbocycles. The summed E-state index contributed by atoms with van der Waals surface area (Å²) in [4.78, 5) is 0.346. The molecule has 0 amide bonds.